The molecule has 0 fully saturated rings. The highest BCUT2D eigenvalue weighted by Crippen LogP contribution is 2.44. The van der Waals surface area contributed by atoms with Crippen LogP contribution < -0.4 is 5.32 Å². The number of rotatable bonds is 0. The topological polar surface area (TPSA) is 12.0 Å². The van der Waals surface area contributed by atoms with Crippen LogP contribution in [0.2, 0.25) is 0 Å². The maximum atomic E-state index is 3.55. The molecule has 0 spiro atoms. The molecular formula is C18H16BrN. The SMILES string of the molecule is Brc1ccc2c(c1)-c1cccc3cccc(c13)N2.CC. The fourth-order valence-corrected chi connectivity index (χ4v) is 3.02. The maximum absolute atomic E-state index is 3.55. The van der Waals surface area contributed by atoms with Gasteiger partial charge in [0.1, 0.15) is 0 Å². The third kappa shape index (κ3) is 2.01. The summed E-state index contributed by atoms with van der Waals surface area (Å²) in [6.07, 6.45) is 0. The lowest BCUT2D eigenvalue weighted by atomic mass is 9.93. The number of halogens is 1. The van der Waals surface area contributed by atoms with Crippen LogP contribution >= 0.6 is 15.9 Å². The summed E-state index contributed by atoms with van der Waals surface area (Å²) in [5.41, 5.74) is 4.93. The molecule has 0 aromatic heterocycles. The van der Waals surface area contributed by atoms with Gasteiger partial charge in [0.05, 0.1) is 0 Å². The van der Waals surface area contributed by atoms with Crippen molar-refractivity contribution in [3.05, 3.63) is 59.1 Å². The Morgan fingerprint density at radius 1 is 0.800 bits per heavy atom. The van der Waals surface area contributed by atoms with Gasteiger partial charge < -0.3 is 5.32 Å². The quantitative estimate of drug-likeness (QED) is 0.397. The molecule has 4 rings (SSSR count). The van der Waals surface area contributed by atoms with Gasteiger partial charge in [0.15, 0.2) is 0 Å². The van der Waals surface area contributed by atoms with Crippen LogP contribution in [0.1, 0.15) is 13.8 Å². The standard InChI is InChI=1S/C16H10BrN.C2H6/c17-11-7-8-14-13(9-11)12-5-1-3-10-4-2-6-15(18-14)16(10)12;1-2/h1-9,18H;1-2H3. The van der Waals surface area contributed by atoms with Crippen LogP contribution in [0.25, 0.3) is 21.9 Å². The van der Waals surface area contributed by atoms with Gasteiger partial charge in [0.25, 0.3) is 0 Å². The van der Waals surface area contributed by atoms with Gasteiger partial charge in [-0.1, -0.05) is 60.1 Å². The smallest absolute Gasteiger partial charge is 0.0470 e. The van der Waals surface area contributed by atoms with E-state index in [0.717, 1.165) is 4.47 Å². The maximum Gasteiger partial charge on any atom is 0.0470 e. The molecule has 1 heterocycles. The van der Waals surface area contributed by atoms with E-state index in [1.807, 2.05) is 13.8 Å². The minimum absolute atomic E-state index is 1.11. The van der Waals surface area contributed by atoms with Gasteiger partial charge in [-0.3, -0.25) is 0 Å². The third-order valence-electron chi connectivity index (χ3n) is 3.45. The van der Waals surface area contributed by atoms with Crippen molar-refractivity contribution in [3.63, 3.8) is 0 Å². The summed E-state index contributed by atoms with van der Waals surface area (Å²) in [7, 11) is 0. The summed E-state index contributed by atoms with van der Waals surface area (Å²) in [5, 5.41) is 6.10. The molecule has 0 atom stereocenters. The lowest BCUT2D eigenvalue weighted by Gasteiger charge is -2.22. The summed E-state index contributed by atoms with van der Waals surface area (Å²) in [6.45, 7) is 4.00. The van der Waals surface area contributed by atoms with E-state index in [9.17, 15) is 0 Å². The van der Waals surface area contributed by atoms with Crippen molar-refractivity contribution in [2.75, 3.05) is 5.32 Å². The number of hydrogen-bond acceptors (Lipinski definition) is 1. The summed E-state index contributed by atoms with van der Waals surface area (Å²) >= 11 is 3.55. The van der Waals surface area contributed by atoms with Crippen molar-refractivity contribution in [1.82, 2.24) is 0 Å². The predicted molar refractivity (Wildman–Crippen MR) is 91.7 cm³/mol. The molecule has 1 aliphatic heterocycles. The first-order valence-electron chi connectivity index (χ1n) is 6.92. The molecule has 3 aromatic rings. The zero-order valence-electron chi connectivity index (χ0n) is 11.6. The van der Waals surface area contributed by atoms with Crippen LogP contribution in [0.5, 0.6) is 0 Å². The Kier molecular flexibility index (Phi) is 3.49. The van der Waals surface area contributed by atoms with E-state index in [-0.39, 0.29) is 0 Å². The fraction of sp³-hybridized carbons (Fsp3) is 0.111. The molecule has 0 unspecified atom stereocenters. The Labute approximate surface area is 127 Å². The van der Waals surface area contributed by atoms with Crippen molar-refractivity contribution in [2.45, 2.75) is 13.8 Å². The minimum atomic E-state index is 1.11. The van der Waals surface area contributed by atoms with Gasteiger partial charge in [-0.15, -0.1) is 0 Å². The summed E-state index contributed by atoms with van der Waals surface area (Å²) in [6, 6.07) is 19.2. The molecular weight excluding hydrogens is 310 g/mol. The van der Waals surface area contributed by atoms with Crippen molar-refractivity contribution in [3.8, 4) is 11.1 Å². The Hall–Kier alpha value is -1.80. The minimum Gasteiger partial charge on any atom is -0.354 e. The van der Waals surface area contributed by atoms with Gasteiger partial charge in [-0.2, -0.15) is 0 Å². The molecule has 0 bridgehead atoms. The van der Waals surface area contributed by atoms with Crippen molar-refractivity contribution < 1.29 is 0 Å². The summed E-state index contributed by atoms with van der Waals surface area (Å²) < 4.78 is 1.11. The second kappa shape index (κ2) is 5.29. The molecule has 1 N–H and O–H groups in total. The Balaban J connectivity index is 0.000000581. The highest BCUT2D eigenvalue weighted by molar-refractivity contribution is 9.10. The van der Waals surface area contributed by atoms with Crippen LogP contribution in [-0.2, 0) is 0 Å². The normalized spacial score (nSPS) is 11.2. The third-order valence-corrected chi connectivity index (χ3v) is 3.94. The highest BCUT2D eigenvalue weighted by atomic mass is 79.9. The van der Waals surface area contributed by atoms with Gasteiger partial charge in [0, 0.05) is 26.8 Å². The van der Waals surface area contributed by atoms with Gasteiger partial charge in [0.2, 0.25) is 0 Å². The molecule has 0 saturated carbocycles. The van der Waals surface area contributed by atoms with E-state index in [1.54, 1.807) is 0 Å². The first kappa shape index (κ1) is 13.2. The van der Waals surface area contributed by atoms with E-state index in [2.05, 4.69) is 75.8 Å². The van der Waals surface area contributed by atoms with Gasteiger partial charge >= 0.3 is 0 Å². The number of benzene rings is 3. The number of fused-ring (bicyclic) bond motifs is 2. The molecule has 1 nitrogen and oxygen atoms in total. The Bertz CT molecular complexity index is 772. The first-order valence-corrected chi connectivity index (χ1v) is 7.71. The highest BCUT2D eigenvalue weighted by Gasteiger charge is 2.17. The second-order valence-corrected chi connectivity index (χ2v) is 5.44. The van der Waals surface area contributed by atoms with Crippen molar-refractivity contribution >= 4 is 38.1 Å². The Morgan fingerprint density at radius 2 is 1.55 bits per heavy atom. The molecule has 1 aliphatic rings. The largest absolute Gasteiger partial charge is 0.354 e. The van der Waals surface area contributed by atoms with E-state index < -0.39 is 0 Å². The molecule has 0 amide bonds. The zero-order chi connectivity index (χ0) is 14.1. The summed E-state index contributed by atoms with van der Waals surface area (Å²) in [4.78, 5) is 0. The van der Waals surface area contributed by atoms with E-state index in [0.29, 0.717) is 0 Å². The first-order chi connectivity index (χ1) is 9.83. The molecule has 20 heavy (non-hydrogen) atoms. The fourth-order valence-electron chi connectivity index (χ4n) is 2.66. The molecule has 100 valence electrons. The Morgan fingerprint density at radius 3 is 2.35 bits per heavy atom. The van der Waals surface area contributed by atoms with Crippen molar-refractivity contribution in [1.29, 1.82) is 0 Å². The van der Waals surface area contributed by atoms with Crippen LogP contribution in [-0.4, -0.2) is 0 Å². The zero-order valence-corrected chi connectivity index (χ0v) is 13.2. The average Bonchev–Trinajstić information content (AvgIpc) is 2.51. The second-order valence-electron chi connectivity index (χ2n) is 4.52. The molecule has 0 aliphatic carbocycles. The van der Waals surface area contributed by atoms with Crippen LogP contribution in [0, 0.1) is 0 Å². The van der Waals surface area contributed by atoms with Crippen molar-refractivity contribution in [2.24, 2.45) is 0 Å². The monoisotopic (exact) mass is 325 g/mol. The molecule has 2 heteroatoms. The van der Waals surface area contributed by atoms with Crippen LogP contribution in [0.15, 0.2) is 59.1 Å². The molecule has 3 aromatic carbocycles. The van der Waals surface area contributed by atoms with Crippen LogP contribution in [0.3, 0.4) is 0 Å². The van der Waals surface area contributed by atoms with Crippen LogP contribution in [0.4, 0.5) is 11.4 Å². The lowest BCUT2D eigenvalue weighted by molar-refractivity contribution is 1.50. The molecule has 0 saturated heterocycles. The lowest BCUT2D eigenvalue weighted by Crippen LogP contribution is -2.00. The molecule has 0 radical (unpaired) electrons. The van der Waals surface area contributed by atoms with Gasteiger partial charge in [-0.25, -0.2) is 0 Å². The predicted octanol–water partition coefficient (Wildman–Crippen LogP) is 6.35. The number of anilines is 2. The van der Waals surface area contributed by atoms with E-state index >= 15 is 0 Å². The average molecular weight is 326 g/mol. The number of hydrogen-bond donors (Lipinski definition) is 1. The van der Waals surface area contributed by atoms with E-state index in [4.69, 9.17) is 0 Å². The van der Waals surface area contributed by atoms with E-state index in [1.165, 1.54) is 33.3 Å². The van der Waals surface area contributed by atoms with Gasteiger partial charge in [-0.05, 0) is 35.2 Å². The number of nitrogens with one attached hydrogen (secondary N) is 1. The summed E-state index contributed by atoms with van der Waals surface area (Å²) in [5.74, 6) is 0.